The van der Waals surface area contributed by atoms with Gasteiger partial charge in [0.25, 0.3) is 0 Å². The van der Waals surface area contributed by atoms with Gasteiger partial charge in [-0.3, -0.25) is 0 Å². The number of anilines is 1. The Kier molecular flexibility index (Phi) is 6.63. The van der Waals surface area contributed by atoms with E-state index in [9.17, 15) is 0 Å². The van der Waals surface area contributed by atoms with Gasteiger partial charge >= 0.3 is 0 Å². The number of benzene rings is 2. The molecule has 36 heavy (non-hydrogen) atoms. The van der Waals surface area contributed by atoms with Crippen LogP contribution in [0.1, 0.15) is 72.3 Å². The second kappa shape index (κ2) is 9.72. The van der Waals surface area contributed by atoms with Crippen LogP contribution in [0.4, 0.5) is 5.82 Å². The number of hydrogen-bond acceptors (Lipinski definition) is 3. The van der Waals surface area contributed by atoms with Crippen LogP contribution in [0.2, 0.25) is 0 Å². The zero-order valence-corrected chi connectivity index (χ0v) is 23.0. The molecule has 0 fully saturated rings. The SMILES string of the molecule is CCC1CCc2c(C)nc3c(-c4c(C)cc(C)cc4C)c(C)nn3c2N1C(CC)Cc1ccccc1. The Hall–Kier alpha value is -3.14. The predicted octanol–water partition coefficient (Wildman–Crippen LogP) is 7.49. The summed E-state index contributed by atoms with van der Waals surface area (Å²) in [7, 11) is 0. The molecule has 1 aliphatic heterocycles. The Morgan fingerprint density at radius 1 is 0.917 bits per heavy atom. The highest BCUT2D eigenvalue weighted by Crippen LogP contribution is 2.40. The molecule has 188 valence electrons. The van der Waals surface area contributed by atoms with Crippen LogP contribution >= 0.6 is 0 Å². The van der Waals surface area contributed by atoms with Crippen LogP contribution in [-0.2, 0) is 12.8 Å². The van der Waals surface area contributed by atoms with Gasteiger partial charge in [0.15, 0.2) is 5.65 Å². The third-order valence-electron chi connectivity index (χ3n) is 8.16. The zero-order valence-electron chi connectivity index (χ0n) is 23.0. The van der Waals surface area contributed by atoms with E-state index in [-0.39, 0.29) is 0 Å². The number of hydrogen-bond donors (Lipinski definition) is 0. The van der Waals surface area contributed by atoms with Crippen LogP contribution in [-0.4, -0.2) is 26.7 Å². The maximum Gasteiger partial charge on any atom is 0.165 e. The molecule has 0 amide bonds. The highest BCUT2D eigenvalue weighted by Gasteiger charge is 2.35. The van der Waals surface area contributed by atoms with E-state index in [1.807, 2.05) is 0 Å². The standard InChI is InChI=1S/C32H40N4/c1-8-26-15-16-28-23(6)33-31-30(29-21(4)17-20(3)18-22(29)5)24(7)34-36(31)32(28)35(26)27(9-2)19-25-13-11-10-12-14-25/h10-14,17-18,26-27H,8-9,15-16,19H2,1-7H3. The lowest BCUT2D eigenvalue weighted by atomic mass is 9.91. The van der Waals surface area contributed by atoms with E-state index >= 15 is 0 Å². The third-order valence-corrected chi connectivity index (χ3v) is 8.16. The third kappa shape index (κ3) is 4.11. The average Bonchev–Trinajstić information content (AvgIpc) is 3.17. The van der Waals surface area contributed by atoms with Gasteiger partial charge in [-0.25, -0.2) is 4.98 Å². The van der Waals surface area contributed by atoms with Crippen molar-refractivity contribution >= 4 is 11.5 Å². The van der Waals surface area contributed by atoms with Crippen LogP contribution in [0.25, 0.3) is 16.8 Å². The van der Waals surface area contributed by atoms with Gasteiger partial charge in [0, 0.05) is 23.3 Å². The molecule has 0 radical (unpaired) electrons. The fourth-order valence-electron chi connectivity index (χ4n) is 6.53. The van der Waals surface area contributed by atoms with E-state index in [2.05, 4.69) is 100 Å². The molecule has 4 nitrogen and oxygen atoms in total. The summed E-state index contributed by atoms with van der Waals surface area (Å²) in [5.41, 5.74) is 12.3. The normalized spacial score (nSPS) is 16.4. The van der Waals surface area contributed by atoms with Crippen molar-refractivity contribution in [3.63, 3.8) is 0 Å². The van der Waals surface area contributed by atoms with Crippen LogP contribution in [0.3, 0.4) is 0 Å². The number of aromatic nitrogens is 3. The molecule has 0 saturated carbocycles. The molecule has 2 unspecified atom stereocenters. The molecule has 0 N–H and O–H groups in total. The first-order valence-electron chi connectivity index (χ1n) is 13.6. The molecule has 0 spiro atoms. The van der Waals surface area contributed by atoms with Gasteiger partial charge in [0.05, 0.1) is 11.3 Å². The molecule has 2 atom stereocenters. The molecule has 2 aromatic heterocycles. The largest absolute Gasteiger partial charge is 0.350 e. The lowest BCUT2D eigenvalue weighted by Gasteiger charge is -2.44. The summed E-state index contributed by atoms with van der Waals surface area (Å²) in [6.45, 7) is 15.6. The summed E-state index contributed by atoms with van der Waals surface area (Å²) in [5.74, 6) is 1.27. The first kappa shape index (κ1) is 24.5. The Bertz CT molecular complexity index is 1380. The first-order chi connectivity index (χ1) is 17.3. The molecule has 3 heterocycles. The molecule has 5 rings (SSSR count). The quantitative estimate of drug-likeness (QED) is 0.287. The van der Waals surface area contributed by atoms with Gasteiger partial charge in [-0.1, -0.05) is 61.9 Å². The molecule has 0 bridgehead atoms. The Balaban J connectivity index is 1.74. The van der Waals surface area contributed by atoms with Crippen molar-refractivity contribution in [3.8, 4) is 11.1 Å². The monoisotopic (exact) mass is 480 g/mol. The van der Waals surface area contributed by atoms with Gasteiger partial charge in [-0.2, -0.15) is 9.61 Å². The van der Waals surface area contributed by atoms with Crippen molar-refractivity contribution < 1.29 is 0 Å². The first-order valence-corrected chi connectivity index (χ1v) is 13.6. The highest BCUT2D eigenvalue weighted by molar-refractivity contribution is 5.85. The number of aryl methyl sites for hydroxylation is 5. The summed E-state index contributed by atoms with van der Waals surface area (Å²) in [5, 5.41) is 5.20. The van der Waals surface area contributed by atoms with Crippen molar-refractivity contribution in [1.82, 2.24) is 14.6 Å². The lowest BCUT2D eigenvalue weighted by molar-refractivity contribution is 0.430. The second-order valence-electron chi connectivity index (χ2n) is 10.7. The predicted molar refractivity (Wildman–Crippen MR) is 151 cm³/mol. The van der Waals surface area contributed by atoms with E-state index < -0.39 is 0 Å². The van der Waals surface area contributed by atoms with Gasteiger partial charge in [0.1, 0.15) is 5.82 Å². The maximum absolute atomic E-state index is 5.22. The van der Waals surface area contributed by atoms with Gasteiger partial charge in [0.2, 0.25) is 0 Å². The minimum absolute atomic E-state index is 0.414. The Labute approximate surface area is 216 Å². The van der Waals surface area contributed by atoms with Crippen LogP contribution in [0, 0.1) is 34.6 Å². The lowest BCUT2D eigenvalue weighted by Crippen LogP contribution is -2.48. The van der Waals surface area contributed by atoms with E-state index in [1.165, 1.54) is 51.2 Å². The smallest absolute Gasteiger partial charge is 0.165 e. The molecule has 0 aliphatic carbocycles. The van der Waals surface area contributed by atoms with Crippen molar-refractivity contribution in [2.24, 2.45) is 0 Å². The van der Waals surface area contributed by atoms with E-state index in [0.29, 0.717) is 12.1 Å². The van der Waals surface area contributed by atoms with Gasteiger partial charge in [-0.05, 0) is 89.0 Å². The van der Waals surface area contributed by atoms with Gasteiger partial charge < -0.3 is 4.90 Å². The number of fused-ring (bicyclic) bond motifs is 3. The molecular formula is C32H40N4. The minimum Gasteiger partial charge on any atom is -0.350 e. The molecule has 4 aromatic rings. The van der Waals surface area contributed by atoms with Crippen LogP contribution < -0.4 is 4.90 Å². The molecule has 0 saturated heterocycles. The topological polar surface area (TPSA) is 33.4 Å². The van der Waals surface area contributed by atoms with E-state index in [1.54, 1.807) is 0 Å². The minimum atomic E-state index is 0.414. The summed E-state index contributed by atoms with van der Waals surface area (Å²) in [6.07, 6.45) is 5.51. The molecule has 1 aliphatic rings. The van der Waals surface area contributed by atoms with Crippen LogP contribution in [0.15, 0.2) is 42.5 Å². The second-order valence-corrected chi connectivity index (χ2v) is 10.7. The summed E-state index contributed by atoms with van der Waals surface area (Å²) >= 11 is 0. The molecular weight excluding hydrogens is 440 g/mol. The summed E-state index contributed by atoms with van der Waals surface area (Å²) in [4.78, 5) is 7.94. The van der Waals surface area contributed by atoms with Crippen molar-refractivity contribution in [3.05, 3.63) is 81.7 Å². The van der Waals surface area contributed by atoms with E-state index in [0.717, 1.165) is 42.7 Å². The number of nitrogens with zero attached hydrogens (tertiary/aromatic N) is 4. The Morgan fingerprint density at radius 2 is 1.61 bits per heavy atom. The fourth-order valence-corrected chi connectivity index (χ4v) is 6.53. The van der Waals surface area contributed by atoms with E-state index in [4.69, 9.17) is 10.1 Å². The highest BCUT2D eigenvalue weighted by atomic mass is 15.4. The van der Waals surface area contributed by atoms with Gasteiger partial charge in [-0.15, -0.1) is 0 Å². The van der Waals surface area contributed by atoms with Crippen LogP contribution in [0.5, 0.6) is 0 Å². The maximum atomic E-state index is 5.22. The van der Waals surface area contributed by atoms with Crippen molar-refractivity contribution in [2.75, 3.05) is 4.90 Å². The molecule has 2 aromatic carbocycles. The summed E-state index contributed by atoms with van der Waals surface area (Å²) < 4.78 is 2.20. The Morgan fingerprint density at radius 3 is 2.25 bits per heavy atom. The fraction of sp³-hybridized carbons (Fsp3) is 0.438. The van der Waals surface area contributed by atoms with Crippen molar-refractivity contribution in [1.29, 1.82) is 0 Å². The van der Waals surface area contributed by atoms with Crippen molar-refractivity contribution in [2.45, 2.75) is 92.7 Å². The average molecular weight is 481 g/mol. The number of rotatable bonds is 6. The zero-order chi connectivity index (χ0) is 25.6. The molecule has 4 heteroatoms. The summed E-state index contributed by atoms with van der Waals surface area (Å²) in [6, 6.07) is 16.4.